The molecule has 0 unspecified atom stereocenters. The van der Waals surface area contributed by atoms with E-state index in [0.29, 0.717) is 44.0 Å². The van der Waals surface area contributed by atoms with Crippen molar-refractivity contribution in [1.29, 1.82) is 5.26 Å². The number of nitrogens with zero attached hydrogens (tertiary/aromatic N) is 4. The maximum absolute atomic E-state index is 13.3. The van der Waals surface area contributed by atoms with Crippen LogP contribution in [0.25, 0.3) is 11.7 Å². The molecule has 3 rings (SSSR count). The Bertz CT molecular complexity index is 1140. The highest BCUT2D eigenvalue weighted by Crippen LogP contribution is 2.26. The fraction of sp³-hybridized carbons (Fsp3) is 0.409. The van der Waals surface area contributed by atoms with Gasteiger partial charge >= 0.3 is 11.9 Å². The standard InChI is InChI=1S/C22H24N4O5/c1-4-31-22(29)15-7-10-25(11-8-15)19-17(12-16(13-23)21(28)30-3)20(27)26-9-5-6-14(2)18(26)24-19/h5-6,9,12,15H,4,7-8,10-11H2,1-3H3/b16-12+. The van der Waals surface area contributed by atoms with Gasteiger partial charge in [-0.05, 0) is 44.4 Å². The number of esters is 2. The van der Waals surface area contributed by atoms with Gasteiger partial charge < -0.3 is 14.4 Å². The van der Waals surface area contributed by atoms with Crippen molar-refractivity contribution in [2.75, 3.05) is 31.7 Å². The second-order valence-corrected chi connectivity index (χ2v) is 7.21. The van der Waals surface area contributed by atoms with Crippen molar-refractivity contribution in [3.8, 4) is 6.07 Å². The summed E-state index contributed by atoms with van der Waals surface area (Å²) < 4.78 is 11.2. The van der Waals surface area contributed by atoms with Gasteiger partial charge in [-0.2, -0.15) is 5.26 Å². The van der Waals surface area contributed by atoms with Crippen LogP contribution in [0.2, 0.25) is 0 Å². The molecule has 2 aromatic heterocycles. The lowest BCUT2D eigenvalue weighted by Crippen LogP contribution is -2.39. The molecule has 2 aromatic rings. The number of hydrogen-bond acceptors (Lipinski definition) is 8. The highest BCUT2D eigenvalue weighted by atomic mass is 16.5. The number of piperidine rings is 1. The summed E-state index contributed by atoms with van der Waals surface area (Å²) in [5, 5.41) is 9.37. The fourth-order valence-electron chi connectivity index (χ4n) is 3.65. The van der Waals surface area contributed by atoms with Crippen LogP contribution in [0.3, 0.4) is 0 Å². The second kappa shape index (κ2) is 9.43. The van der Waals surface area contributed by atoms with E-state index in [1.807, 2.05) is 17.9 Å². The van der Waals surface area contributed by atoms with E-state index in [2.05, 4.69) is 4.74 Å². The van der Waals surface area contributed by atoms with Gasteiger partial charge in [-0.25, -0.2) is 9.78 Å². The summed E-state index contributed by atoms with van der Waals surface area (Å²) in [4.78, 5) is 43.9. The minimum absolute atomic E-state index is 0.125. The SMILES string of the molecule is CCOC(=O)C1CCN(c2nc3c(C)cccn3c(=O)c2/C=C(\C#N)C(=O)OC)CC1. The zero-order chi connectivity index (χ0) is 22.5. The molecular weight excluding hydrogens is 400 g/mol. The Morgan fingerprint density at radius 1 is 1.35 bits per heavy atom. The first-order chi connectivity index (χ1) is 14.9. The van der Waals surface area contributed by atoms with Gasteiger partial charge in [-0.3, -0.25) is 14.0 Å². The number of pyridine rings is 1. The van der Waals surface area contributed by atoms with Gasteiger partial charge in [0.05, 0.1) is 25.2 Å². The molecule has 1 saturated heterocycles. The average Bonchev–Trinajstić information content (AvgIpc) is 2.78. The van der Waals surface area contributed by atoms with Gasteiger partial charge in [0.15, 0.2) is 0 Å². The third-order valence-corrected chi connectivity index (χ3v) is 5.29. The van der Waals surface area contributed by atoms with Crippen LogP contribution < -0.4 is 10.5 Å². The molecule has 1 aliphatic rings. The molecule has 3 heterocycles. The molecule has 0 N–H and O–H groups in total. The monoisotopic (exact) mass is 424 g/mol. The van der Waals surface area contributed by atoms with E-state index in [-0.39, 0.29) is 23.0 Å². The van der Waals surface area contributed by atoms with Crippen LogP contribution in [0.1, 0.15) is 30.9 Å². The zero-order valence-electron chi connectivity index (χ0n) is 17.8. The molecule has 9 nitrogen and oxygen atoms in total. The Balaban J connectivity index is 2.10. The van der Waals surface area contributed by atoms with E-state index >= 15 is 0 Å². The van der Waals surface area contributed by atoms with Crippen LogP contribution in [0.5, 0.6) is 0 Å². The fourth-order valence-corrected chi connectivity index (χ4v) is 3.65. The number of fused-ring (bicyclic) bond motifs is 1. The van der Waals surface area contributed by atoms with Gasteiger partial charge in [0.1, 0.15) is 23.1 Å². The number of aromatic nitrogens is 2. The third kappa shape index (κ3) is 4.43. The highest BCUT2D eigenvalue weighted by Gasteiger charge is 2.29. The molecule has 9 heteroatoms. The topological polar surface area (TPSA) is 114 Å². The van der Waals surface area contributed by atoms with Gasteiger partial charge in [0.2, 0.25) is 0 Å². The molecule has 31 heavy (non-hydrogen) atoms. The molecule has 0 aromatic carbocycles. The van der Waals surface area contributed by atoms with Crippen molar-refractivity contribution < 1.29 is 19.1 Å². The van der Waals surface area contributed by atoms with Crippen LogP contribution in [-0.2, 0) is 19.1 Å². The summed E-state index contributed by atoms with van der Waals surface area (Å²) in [5.74, 6) is -0.883. The first kappa shape index (κ1) is 22.0. The molecule has 0 radical (unpaired) electrons. The largest absolute Gasteiger partial charge is 0.466 e. The number of rotatable bonds is 5. The van der Waals surface area contributed by atoms with E-state index in [1.165, 1.54) is 17.6 Å². The van der Waals surface area contributed by atoms with Crippen molar-refractivity contribution in [1.82, 2.24) is 9.38 Å². The van der Waals surface area contributed by atoms with Crippen LogP contribution in [0.15, 0.2) is 28.7 Å². The number of anilines is 1. The Morgan fingerprint density at radius 2 is 2.06 bits per heavy atom. The van der Waals surface area contributed by atoms with Crippen molar-refractivity contribution in [3.05, 3.63) is 45.4 Å². The van der Waals surface area contributed by atoms with E-state index < -0.39 is 11.5 Å². The number of methoxy groups -OCH3 is 1. The predicted octanol–water partition coefficient (Wildman–Crippen LogP) is 1.86. The van der Waals surface area contributed by atoms with Crippen LogP contribution in [0.4, 0.5) is 5.82 Å². The van der Waals surface area contributed by atoms with Crippen molar-refractivity contribution in [3.63, 3.8) is 0 Å². The number of hydrogen-bond donors (Lipinski definition) is 0. The van der Waals surface area contributed by atoms with E-state index in [1.54, 1.807) is 25.3 Å². The average molecular weight is 424 g/mol. The summed E-state index contributed by atoms with van der Waals surface area (Å²) in [6, 6.07) is 5.37. The molecule has 0 atom stereocenters. The number of carbonyl (C=O) groups is 2. The molecule has 1 fully saturated rings. The first-order valence-electron chi connectivity index (χ1n) is 10.0. The van der Waals surface area contributed by atoms with Gasteiger partial charge in [-0.1, -0.05) is 6.07 Å². The lowest BCUT2D eigenvalue weighted by molar-refractivity contribution is -0.148. The van der Waals surface area contributed by atoms with E-state index in [0.717, 1.165) is 5.56 Å². The molecule has 0 spiro atoms. The van der Waals surface area contributed by atoms with Gasteiger partial charge in [0.25, 0.3) is 5.56 Å². The molecule has 0 amide bonds. The quantitative estimate of drug-likeness (QED) is 0.406. The number of carbonyl (C=O) groups excluding carboxylic acids is 2. The normalized spacial score (nSPS) is 14.9. The summed E-state index contributed by atoms with van der Waals surface area (Å²) in [6.45, 7) is 4.93. The van der Waals surface area contributed by atoms with E-state index in [4.69, 9.17) is 9.72 Å². The van der Waals surface area contributed by atoms with Crippen LogP contribution in [-0.4, -0.2) is 48.1 Å². The third-order valence-electron chi connectivity index (χ3n) is 5.29. The lowest BCUT2D eigenvalue weighted by atomic mass is 9.96. The summed E-state index contributed by atoms with van der Waals surface area (Å²) in [6.07, 6.45) is 3.93. The Labute approximate surface area is 179 Å². The molecule has 0 aliphatic carbocycles. The highest BCUT2D eigenvalue weighted by molar-refractivity contribution is 5.98. The van der Waals surface area contributed by atoms with Crippen molar-refractivity contribution in [2.45, 2.75) is 26.7 Å². The Morgan fingerprint density at radius 3 is 2.68 bits per heavy atom. The Hall–Kier alpha value is -3.67. The first-order valence-corrected chi connectivity index (χ1v) is 10.0. The minimum Gasteiger partial charge on any atom is -0.466 e. The molecule has 0 bridgehead atoms. The maximum atomic E-state index is 13.3. The zero-order valence-corrected chi connectivity index (χ0v) is 17.8. The number of aryl methyl sites for hydroxylation is 1. The van der Waals surface area contributed by atoms with Crippen molar-refractivity contribution in [2.24, 2.45) is 5.92 Å². The number of nitriles is 1. The summed E-state index contributed by atoms with van der Waals surface area (Å²) in [7, 11) is 1.17. The van der Waals surface area contributed by atoms with Crippen LogP contribution in [0, 0.1) is 24.2 Å². The van der Waals surface area contributed by atoms with E-state index in [9.17, 15) is 19.6 Å². The van der Waals surface area contributed by atoms with Gasteiger partial charge in [-0.15, -0.1) is 0 Å². The molecular formula is C22H24N4O5. The van der Waals surface area contributed by atoms with Gasteiger partial charge in [0, 0.05) is 19.3 Å². The molecule has 162 valence electrons. The Kier molecular flexibility index (Phi) is 6.70. The maximum Gasteiger partial charge on any atom is 0.348 e. The number of ether oxygens (including phenoxy) is 2. The molecule has 0 saturated carbocycles. The summed E-state index contributed by atoms with van der Waals surface area (Å²) in [5.41, 5.74) is 0.735. The van der Waals surface area contributed by atoms with Crippen molar-refractivity contribution >= 4 is 29.5 Å². The second-order valence-electron chi connectivity index (χ2n) is 7.21. The molecule has 1 aliphatic heterocycles. The lowest BCUT2D eigenvalue weighted by Gasteiger charge is -2.32. The van der Waals surface area contributed by atoms with Crippen LogP contribution >= 0.6 is 0 Å². The predicted molar refractivity (Wildman–Crippen MR) is 113 cm³/mol. The smallest absolute Gasteiger partial charge is 0.348 e. The summed E-state index contributed by atoms with van der Waals surface area (Å²) >= 11 is 0. The minimum atomic E-state index is -0.830.